The first-order chi connectivity index (χ1) is 10.7. The molecule has 2 saturated carbocycles. The van der Waals surface area contributed by atoms with Crippen molar-refractivity contribution in [2.45, 2.75) is 70.9 Å². The largest absolute Gasteiger partial charge is 0.378 e. The van der Waals surface area contributed by atoms with Crippen molar-refractivity contribution in [3.05, 3.63) is 0 Å². The summed E-state index contributed by atoms with van der Waals surface area (Å²) in [5, 5.41) is 6.78. The van der Waals surface area contributed by atoms with Crippen LogP contribution in [-0.4, -0.2) is 37.7 Å². The number of rotatable bonds is 6. The highest BCUT2D eigenvalue weighted by Crippen LogP contribution is 2.57. The minimum Gasteiger partial charge on any atom is -0.378 e. The van der Waals surface area contributed by atoms with Crippen LogP contribution in [0, 0.1) is 17.3 Å². The quantitative estimate of drug-likeness (QED) is 0.779. The van der Waals surface area contributed by atoms with Crippen LogP contribution < -0.4 is 10.6 Å². The van der Waals surface area contributed by atoms with Gasteiger partial charge in [0.1, 0.15) is 0 Å². The molecule has 1 aliphatic heterocycles. The average Bonchev–Trinajstić information content (AvgIpc) is 2.45. The summed E-state index contributed by atoms with van der Waals surface area (Å²) in [6.45, 7) is 7.31. The van der Waals surface area contributed by atoms with Crippen LogP contribution in [0.5, 0.6) is 0 Å². The average molecular weight is 345 g/mol. The monoisotopic (exact) mass is 344 g/mol. The zero-order valence-electron chi connectivity index (χ0n) is 14.6. The highest BCUT2D eigenvalue weighted by molar-refractivity contribution is 5.85. The number of hydrogen-bond donors (Lipinski definition) is 2. The van der Waals surface area contributed by atoms with E-state index in [1.54, 1.807) is 0 Å². The van der Waals surface area contributed by atoms with Crippen molar-refractivity contribution in [2.75, 3.05) is 19.7 Å². The van der Waals surface area contributed by atoms with Crippen LogP contribution in [0.4, 0.5) is 0 Å². The molecule has 23 heavy (non-hydrogen) atoms. The first-order valence-corrected chi connectivity index (χ1v) is 9.27. The lowest BCUT2D eigenvalue weighted by Gasteiger charge is -2.61. The van der Waals surface area contributed by atoms with Crippen LogP contribution in [0.3, 0.4) is 0 Å². The van der Waals surface area contributed by atoms with Gasteiger partial charge in [-0.05, 0) is 64.0 Å². The summed E-state index contributed by atoms with van der Waals surface area (Å²) in [5.41, 5.74) is 0.279. The fourth-order valence-electron chi connectivity index (χ4n) is 4.72. The van der Waals surface area contributed by atoms with E-state index in [1.807, 2.05) is 0 Å². The molecule has 0 aromatic rings. The molecule has 2 N–H and O–H groups in total. The third-order valence-electron chi connectivity index (χ3n) is 6.42. The molecular weight excluding hydrogens is 312 g/mol. The van der Waals surface area contributed by atoms with Crippen LogP contribution in [0.1, 0.15) is 58.8 Å². The van der Waals surface area contributed by atoms with Crippen LogP contribution in [-0.2, 0) is 9.53 Å². The number of carbonyl (C=O) groups is 1. The Morgan fingerprint density at radius 2 is 2.17 bits per heavy atom. The summed E-state index contributed by atoms with van der Waals surface area (Å²) in [7, 11) is 0. The summed E-state index contributed by atoms with van der Waals surface area (Å²) in [6, 6.07) is 0.363. The van der Waals surface area contributed by atoms with E-state index in [1.165, 1.54) is 32.1 Å². The van der Waals surface area contributed by atoms with Crippen molar-refractivity contribution < 1.29 is 9.53 Å². The summed E-state index contributed by atoms with van der Waals surface area (Å²) in [6.07, 6.45) is 8.34. The number of nitrogens with one attached hydrogen (secondary N) is 2. The lowest BCUT2D eigenvalue weighted by atomic mass is 9.51. The SMILES string of the molecule is CCOC1CC(NC(=O)CC(C)C2CCCNC2)C12CCC2.Cl. The van der Waals surface area contributed by atoms with Gasteiger partial charge in [-0.25, -0.2) is 0 Å². The van der Waals surface area contributed by atoms with E-state index in [0.29, 0.717) is 30.4 Å². The van der Waals surface area contributed by atoms with Gasteiger partial charge >= 0.3 is 0 Å². The summed E-state index contributed by atoms with van der Waals surface area (Å²) in [5.74, 6) is 1.40. The van der Waals surface area contributed by atoms with E-state index >= 15 is 0 Å². The van der Waals surface area contributed by atoms with E-state index in [-0.39, 0.29) is 23.7 Å². The molecule has 1 heterocycles. The Morgan fingerprint density at radius 3 is 2.74 bits per heavy atom. The van der Waals surface area contributed by atoms with Gasteiger partial charge in [-0.2, -0.15) is 0 Å². The maximum absolute atomic E-state index is 12.4. The predicted molar refractivity (Wildman–Crippen MR) is 94.9 cm³/mol. The lowest BCUT2D eigenvalue weighted by Crippen LogP contribution is -2.67. The number of hydrogen-bond acceptors (Lipinski definition) is 3. The van der Waals surface area contributed by atoms with E-state index < -0.39 is 0 Å². The highest BCUT2D eigenvalue weighted by atomic mass is 35.5. The molecule has 0 radical (unpaired) electrons. The van der Waals surface area contributed by atoms with E-state index in [0.717, 1.165) is 26.1 Å². The molecule has 4 nitrogen and oxygen atoms in total. The second kappa shape index (κ2) is 8.17. The van der Waals surface area contributed by atoms with Crippen molar-refractivity contribution in [1.82, 2.24) is 10.6 Å². The fourth-order valence-corrected chi connectivity index (χ4v) is 4.72. The molecule has 1 saturated heterocycles. The third kappa shape index (κ3) is 3.85. The highest BCUT2D eigenvalue weighted by Gasteiger charge is 2.59. The third-order valence-corrected chi connectivity index (χ3v) is 6.42. The summed E-state index contributed by atoms with van der Waals surface area (Å²) < 4.78 is 5.86. The van der Waals surface area contributed by atoms with Crippen LogP contribution >= 0.6 is 12.4 Å². The Balaban J connectivity index is 0.00000192. The molecule has 3 aliphatic rings. The van der Waals surface area contributed by atoms with Crippen molar-refractivity contribution in [3.63, 3.8) is 0 Å². The summed E-state index contributed by atoms with van der Waals surface area (Å²) >= 11 is 0. The fraction of sp³-hybridized carbons (Fsp3) is 0.944. The van der Waals surface area contributed by atoms with Gasteiger partial charge in [0.2, 0.25) is 5.91 Å². The van der Waals surface area contributed by atoms with Gasteiger partial charge < -0.3 is 15.4 Å². The second-order valence-corrected chi connectivity index (χ2v) is 7.67. The Hall–Kier alpha value is -0.320. The Labute approximate surface area is 146 Å². The van der Waals surface area contributed by atoms with Gasteiger partial charge in [-0.3, -0.25) is 4.79 Å². The first kappa shape index (κ1) is 19.0. The van der Waals surface area contributed by atoms with Gasteiger partial charge in [0.25, 0.3) is 0 Å². The first-order valence-electron chi connectivity index (χ1n) is 9.27. The molecule has 4 atom stereocenters. The van der Waals surface area contributed by atoms with E-state index in [9.17, 15) is 4.79 Å². The van der Waals surface area contributed by atoms with Gasteiger partial charge in [0.15, 0.2) is 0 Å². The molecule has 134 valence electrons. The van der Waals surface area contributed by atoms with E-state index in [4.69, 9.17) is 4.74 Å². The second-order valence-electron chi connectivity index (χ2n) is 7.67. The van der Waals surface area contributed by atoms with Gasteiger partial charge in [0, 0.05) is 24.5 Å². The van der Waals surface area contributed by atoms with E-state index in [2.05, 4.69) is 24.5 Å². The molecule has 3 fully saturated rings. The Morgan fingerprint density at radius 1 is 1.39 bits per heavy atom. The molecule has 1 amide bonds. The normalized spacial score (nSPS) is 33.0. The van der Waals surface area contributed by atoms with Crippen LogP contribution in [0.15, 0.2) is 0 Å². The number of halogens is 1. The molecule has 1 spiro atoms. The molecule has 5 heteroatoms. The molecule has 2 aliphatic carbocycles. The van der Waals surface area contributed by atoms with Crippen molar-refractivity contribution in [2.24, 2.45) is 17.3 Å². The molecule has 0 aromatic heterocycles. The van der Waals surface area contributed by atoms with Gasteiger partial charge in [0.05, 0.1) is 6.10 Å². The number of carbonyl (C=O) groups excluding carboxylic acids is 1. The van der Waals surface area contributed by atoms with Gasteiger partial charge in [-0.15, -0.1) is 12.4 Å². The van der Waals surface area contributed by atoms with Crippen LogP contribution in [0.25, 0.3) is 0 Å². The Kier molecular flexibility index (Phi) is 6.76. The Bertz CT molecular complexity index is 394. The molecule has 0 bridgehead atoms. The molecular formula is C18H33ClN2O2. The van der Waals surface area contributed by atoms with Crippen molar-refractivity contribution >= 4 is 18.3 Å². The van der Waals surface area contributed by atoms with Crippen molar-refractivity contribution in [3.8, 4) is 0 Å². The minimum absolute atomic E-state index is 0. The maximum atomic E-state index is 12.4. The summed E-state index contributed by atoms with van der Waals surface area (Å²) in [4.78, 5) is 12.4. The lowest BCUT2D eigenvalue weighted by molar-refractivity contribution is -0.176. The predicted octanol–water partition coefficient (Wildman–Crippen LogP) is 2.90. The standard InChI is InChI=1S/C18H32N2O2.ClH/c1-3-22-16-11-15(18(16)7-5-8-18)20-17(21)10-13(2)14-6-4-9-19-12-14;/h13-16,19H,3-12H2,1-2H3,(H,20,21);1H. The number of amides is 1. The molecule has 0 aromatic carbocycles. The number of ether oxygens (including phenoxy) is 1. The topological polar surface area (TPSA) is 50.4 Å². The van der Waals surface area contributed by atoms with Crippen LogP contribution in [0.2, 0.25) is 0 Å². The molecule has 3 rings (SSSR count). The van der Waals surface area contributed by atoms with Gasteiger partial charge in [-0.1, -0.05) is 13.3 Å². The number of piperidine rings is 1. The molecule has 4 unspecified atom stereocenters. The maximum Gasteiger partial charge on any atom is 0.220 e. The zero-order chi connectivity index (χ0) is 15.6. The van der Waals surface area contributed by atoms with Crippen molar-refractivity contribution in [1.29, 1.82) is 0 Å². The minimum atomic E-state index is 0. The zero-order valence-corrected chi connectivity index (χ0v) is 15.4. The smallest absolute Gasteiger partial charge is 0.220 e.